The topological polar surface area (TPSA) is 12.0 Å². The van der Waals surface area contributed by atoms with Crippen molar-refractivity contribution in [1.29, 1.82) is 0 Å². The summed E-state index contributed by atoms with van der Waals surface area (Å²) in [5.74, 6) is 0.598. The van der Waals surface area contributed by atoms with Crippen LogP contribution in [0, 0.1) is 5.92 Å². The molecule has 0 radical (unpaired) electrons. The van der Waals surface area contributed by atoms with Crippen molar-refractivity contribution in [1.82, 2.24) is 5.32 Å². The van der Waals surface area contributed by atoms with Gasteiger partial charge in [-0.1, -0.05) is 0 Å². The molecule has 0 aromatic carbocycles. The number of thiophene rings is 1. The van der Waals surface area contributed by atoms with Gasteiger partial charge in [0.05, 0.1) is 6.67 Å². The van der Waals surface area contributed by atoms with Gasteiger partial charge in [0.25, 0.3) is 0 Å². The Hall–Kier alpha value is -0.410. The van der Waals surface area contributed by atoms with Gasteiger partial charge in [0, 0.05) is 24.9 Å². The van der Waals surface area contributed by atoms with Gasteiger partial charge in [-0.3, -0.25) is 4.39 Å². The minimum atomic E-state index is -0.201. The summed E-state index contributed by atoms with van der Waals surface area (Å²) in [5.41, 5.74) is 1.30. The van der Waals surface area contributed by atoms with Crippen molar-refractivity contribution in [3.63, 3.8) is 0 Å². The van der Waals surface area contributed by atoms with E-state index in [4.69, 9.17) is 0 Å². The van der Waals surface area contributed by atoms with Crippen LogP contribution >= 0.6 is 11.3 Å². The highest BCUT2D eigenvalue weighted by atomic mass is 32.1. The van der Waals surface area contributed by atoms with Crippen molar-refractivity contribution in [2.75, 3.05) is 19.8 Å². The minimum Gasteiger partial charge on any atom is -0.316 e. The number of halogens is 1. The first-order valence-electron chi connectivity index (χ1n) is 4.20. The Kier molecular flexibility index (Phi) is 2.42. The zero-order valence-electron chi connectivity index (χ0n) is 6.79. The SMILES string of the molecule is FCC1CNCC1c1ccsc1. The molecule has 1 nitrogen and oxygen atoms in total. The molecule has 1 fully saturated rings. The van der Waals surface area contributed by atoms with Crippen molar-refractivity contribution in [2.24, 2.45) is 5.92 Å². The van der Waals surface area contributed by atoms with E-state index in [1.165, 1.54) is 5.56 Å². The first-order valence-corrected chi connectivity index (χ1v) is 5.15. The maximum absolute atomic E-state index is 12.5. The Morgan fingerprint density at radius 1 is 1.58 bits per heavy atom. The van der Waals surface area contributed by atoms with Gasteiger partial charge in [-0.25, -0.2) is 0 Å². The van der Waals surface area contributed by atoms with Gasteiger partial charge < -0.3 is 5.32 Å². The lowest BCUT2D eigenvalue weighted by Gasteiger charge is -2.12. The molecule has 1 aromatic heterocycles. The first kappa shape index (κ1) is 8.20. The van der Waals surface area contributed by atoms with Crippen molar-refractivity contribution in [3.8, 4) is 0 Å². The van der Waals surface area contributed by atoms with E-state index in [9.17, 15) is 4.39 Å². The quantitative estimate of drug-likeness (QED) is 0.743. The highest BCUT2D eigenvalue weighted by Crippen LogP contribution is 2.29. The lowest BCUT2D eigenvalue weighted by molar-refractivity contribution is 0.359. The maximum atomic E-state index is 12.5. The highest BCUT2D eigenvalue weighted by molar-refractivity contribution is 7.07. The molecule has 66 valence electrons. The van der Waals surface area contributed by atoms with Gasteiger partial charge in [-0.05, 0) is 22.4 Å². The van der Waals surface area contributed by atoms with Crippen molar-refractivity contribution in [3.05, 3.63) is 22.4 Å². The maximum Gasteiger partial charge on any atom is 0.0941 e. The number of nitrogens with one attached hydrogen (secondary N) is 1. The van der Waals surface area contributed by atoms with Crippen LogP contribution in [-0.2, 0) is 0 Å². The number of rotatable bonds is 2. The van der Waals surface area contributed by atoms with Crippen molar-refractivity contribution < 1.29 is 4.39 Å². The molecule has 0 amide bonds. The third-order valence-corrected chi connectivity index (χ3v) is 3.21. The van der Waals surface area contributed by atoms with Gasteiger partial charge in [0.15, 0.2) is 0 Å². The van der Waals surface area contributed by atoms with E-state index in [0.717, 1.165) is 13.1 Å². The molecular weight excluding hydrogens is 173 g/mol. The standard InChI is InChI=1S/C9H12FNS/c10-3-8-4-11-5-9(8)7-1-2-12-6-7/h1-2,6,8-9,11H,3-5H2. The lowest BCUT2D eigenvalue weighted by Crippen LogP contribution is -2.11. The summed E-state index contributed by atoms with van der Waals surface area (Å²) in [6.07, 6.45) is 0. The molecule has 0 saturated carbocycles. The van der Waals surface area contributed by atoms with Crippen LogP contribution in [0.3, 0.4) is 0 Å². The molecule has 1 aliphatic rings. The summed E-state index contributed by atoms with van der Waals surface area (Å²) in [6.45, 7) is 1.57. The Balaban J connectivity index is 2.13. The molecule has 2 unspecified atom stereocenters. The van der Waals surface area contributed by atoms with Crippen LogP contribution in [-0.4, -0.2) is 19.8 Å². The van der Waals surface area contributed by atoms with Crippen LogP contribution in [0.1, 0.15) is 11.5 Å². The molecule has 2 atom stereocenters. The van der Waals surface area contributed by atoms with E-state index >= 15 is 0 Å². The van der Waals surface area contributed by atoms with Gasteiger partial charge in [-0.15, -0.1) is 0 Å². The molecule has 1 aliphatic heterocycles. The van der Waals surface area contributed by atoms with Crippen LogP contribution in [0.2, 0.25) is 0 Å². The summed E-state index contributed by atoms with van der Waals surface area (Å²) in [7, 11) is 0. The van der Waals surface area contributed by atoms with Crippen LogP contribution in [0.5, 0.6) is 0 Å². The summed E-state index contributed by atoms with van der Waals surface area (Å²) in [5, 5.41) is 7.41. The smallest absolute Gasteiger partial charge is 0.0941 e. The second-order valence-electron chi connectivity index (χ2n) is 3.24. The zero-order chi connectivity index (χ0) is 8.39. The second kappa shape index (κ2) is 3.54. The van der Waals surface area contributed by atoms with Crippen molar-refractivity contribution in [2.45, 2.75) is 5.92 Å². The number of hydrogen-bond donors (Lipinski definition) is 1. The normalized spacial score (nSPS) is 29.4. The molecular formula is C9H12FNS. The Morgan fingerprint density at radius 3 is 3.17 bits per heavy atom. The van der Waals surface area contributed by atoms with Crippen molar-refractivity contribution >= 4 is 11.3 Å². The van der Waals surface area contributed by atoms with Gasteiger partial charge in [0.1, 0.15) is 0 Å². The minimum absolute atomic E-state index is 0.194. The second-order valence-corrected chi connectivity index (χ2v) is 4.02. The van der Waals surface area contributed by atoms with Gasteiger partial charge >= 0.3 is 0 Å². The summed E-state index contributed by atoms with van der Waals surface area (Å²) in [4.78, 5) is 0. The van der Waals surface area contributed by atoms with E-state index in [1.807, 2.05) is 0 Å². The fourth-order valence-electron chi connectivity index (χ4n) is 1.77. The fraction of sp³-hybridized carbons (Fsp3) is 0.556. The molecule has 1 saturated heterocycles. The molecule has 1 aromatic rings. The summed E-state index contributed by atoms with van der Waals surface area (Å²) < 4.78 is 12.5. The molecule has 1 N–H and O–H groups in total. The van der Waals surface area contributed by atoms with Gasteiger partial charge in [0.2, 0.25) is 0 Å². The molecule has 3 heteroatoms. The predicted molar refractivity (Wildman–Crippen MR) is 49.4 cm³/mol. The Labute approximate surface area is 75.6 Å². The first-order chi connectivity index (χ1) is 5.92. The van der Waals surface area contributed by atoms with E-state index in [2.05, 4.69) is 22.1 Å². The third kappa shape index (κ3) is 1.39. The number of hydrogen-bond acceptors (Lipinski definition) is 2. The summed E-state index contributed by atoms with van der Waals surface area (Å²) >= 11 is 1.69. The fourth-order valence-corrected chi connectivity index (χ4v) is 2.50. The van der Waals surface area contributed by atoms with E-state index < -0.39 is 0 Å². The van der Waals surface area contributed by atoms with E-state index in [1.54, 1.807) is 11.3 Å². The molecule has 0 bridgehead atoms. The highest BCUT2D eigenvalue weighted by Gasteiger charge is 2.28. The molecule has 12 heavy (non-hydrogen) atoms. The predicted octanol–water partition coefficient (Wildman–Crippen LogP) is 2.02. The molecule has 0 aliphatic carbocycles. The summed E-state index contributed by atoms with van der Waals surface area (Å²) in [6, 6.07) is 2.10. The lowest BCUT2D eigenvalue weighted by atomic mass is 9.92. The van der Waals surface area contributed by atoms with Gasteiger partial charge in [-0.2, -0.15) is 11.3 Å². The molecule has 0 spiro atoms. The Morgan fingerprint density at radius 2 is 2.50 bits per heavy atom. The average molecular weight is 185 g/mol. The zero-order valence-corrected chi connectivity index (χ0v) is 7.61. The monoisotopic (exact) mass is 185 g/mol. The van der Waals surface area contributed by atoms with Crippen LogP contribution < -0.4 is 5.32 Å². The molecule has 2 heterocycles. The average Bonchev–Trinajstić information content (AvgIpc) is 2.74. The van der Waals surface area contributed by atoms with Crippen LogP contribution in [0.15, 0.2) is 16.8 Å². The molecule has 2 rings (SSSR count). The third-order valence-electron chi connectivity index (χ3n) is 2.51. The largest absolute Gasteiger partial charge is 0.316 e. The van der Waals surface area contributed by atoms with E-state index in [-0.39, 0.29) is 12.6 Å². The van der Waals surface area contributed by atoms with Crippen LogP contribution in [0.4, 0.5) is 4.39 Å². The number of alkyl halides is 1. The Bertz CT molecular complexity index is 235. The van der Waals surface area contributed by atoms with E-state index in [0.29, 0.717) is 5.92 Å². The van der Waals surface area contributed by atoms with Crippen LogP contribution in [0.25, 0.3) is 0 Å².